The summed E-state index contributed by atoms with van der Waals surface area (Å²) in [6.07, 6.45) is 7.40. The first-order chi connectivity index (χ1) is 10.3. The Morgan fingerprint density at radius 1 is 1.24 bits per heavy atom. The third-order valence-corrected chi connectivity index (χ3v) is 4.77. The molecule has 1 fully saturated rings. The number of aliphatic hydroxyl groups excluding tert-OH is 1. The van der Waals surface area contributed by atoms with Gasteiger partial charge in [-0.3, -0.25) is 0 Å². The van der Waals surface area contributed by atoms with Gasteiger partial charge in [-0.1, -0.05) is 13.0 Å². The zero-order chi connectivity index (χ0) is 14.7. The molecule has 116 valence electrons. The second-order valence-electron chi connectivity index (χ2n) is 6.41. The van der Waals surface area contributed by atoms with Crippen LogP contribution in [0.1, 0.15) is 62.6 Å². The van der Waals surface area contributed by atoms with Crippen LogP contribution >= 0.6 is 0 Å². The number of rotatable bonds is 5. The van der Waals surface area contributed by atoms with Crippen LogP contribution in [0.2, 0.25) is 0 Å². The molecule has 0 saturated heterocycles. The van der Waals surface area contributed by atoms with Gasteiger partial charge in [-0.2, -0.15) is 0 Å². The van der Waals surface area contributed by atoms with Gasteiger partial charge in [-0.05, 0) is 74.8 Å². The van der Waals surface area contributed by atoms with Crippen molar-refractivity contribution >= 4 is 0 Å². The quantitative estimate of drug-likeness (QED) is 0.873. The Kier molecular flexibility index (Phi) is 4.81. The Labute approximate surface area is 127 Å². The standard InChI is InChI=1S/C18H27NO2/c1-2-11-19-16-6-3-5-13-12-14(9-10-15(13)16)21-18-8-4-7-17(18)20/h9-10,12,16-20H,2-8,11H2,1H3. The highest BCUT2D eigenvalue weighted by Crippen LogP contribution is 2.33. The van der Waals surface area contributed by atoms with E-state index in [1.54, 1.807) is 0 Å². The molecule has 1 saturated carbocycles. The predicted octanol–water partition coefficient (Wildman–Crippen LogP) is 3.36. The van der Waals surface area contributed by atoms with Crippen LogP contribution in [0.15, 0.2) is 18.2 Å². The molecule has 3 unspecified atom stereocenters. The van der Waals surface area contributed by atoms with Crippen molar-refractivity contribution in [2.45, 2.75) is 70.1 Å². The molecular weight excluding hydrogens is 262 g/mol. The molecule has 3 rings (SSSR count). The van der Waals surface area contributed by atoms with Crippen LogP contribution in [0.25, 0.3) is 0 Å². The number of fused-ring (bicyclic) bond motifs is 1. The second-order valence-corrected chi connectivity index (χ2v) is 6.41. The maximum Gasteiger partial charge on any atom is 0.124 e. The first kappa shape index (κ1) is 14.9. The second kappa shape index (κ2) is 6.80. The van der Waals surface area contributed by atoms with E-state index < -0.39 is 0 Å². The third kappa shape index (κ3) is 3.41. The van der Waals surface area contributed by atoms with Crippen molar-refractivity contribution in [3.8, 4) is 5.75 Å². The summed E-state index contributed by atoms with van der Waals surface area (Å²) in [5.41, 5.74) is 2.86. The fourth-order valence-electron chi connectivity index (χ4n) is 3.61. The predicted molar refractivity (Wildman–Crippen MR) is 84.7 cm³/mol. The monoisotopic (exact) mass is 289 g/mol. The van der Waals surface area contributed by atoms with Gasteiger partial charge < -0.3 is 15.2 Å². The molecule has 2 aliphatic rings. The fourth-order valence-corrected chi connectivity index (χ4v) is 3.61. The largest absolute Gasteiger partial charge is 0.488 e. The van der Waals surface area contributed by atoms with Crippen molar-refractivity contribution in [2.24, 2.45) is 0 Å². The molecule has 0 aromatic heterocycles. The molecule has 3 heteroatoms. The van der Waals surface area contributed by atoms with Gasteiger partial charge >= 0.3 is 0 Å². The summed E-state index contributed by atoms with van der Waals surface area (Å²) in [5.74, 6) is 0.927. The highest BCUT2D eigenvalue weighted by atomic mass is 16.5. The van der Waals surface area contributed by atoms with Gasteiger partial charge in [0.1, 0.15) is 11.9 Å². The van der Waals surface area contributed by atoms with Gasteiger partial charge in [0.2, 0.25) is 0 Å². The summed E-state index contributed by atoms with van der Waals surface area (Å²) in [5, 5.41) is 13.5. The van der Waals surface area contributed by atoms with Crippen LogP contribution < -0.4 is 10.1 Å². The van der Waals surface area contributed by atoms with Gasteiger partial charge in [0.05, 0.1) is 6.10 Å². The van der Waals surface area contributed by atoms with E-state index in [0.717, 1.165) is 38.0 Å². The van der Waals surface area contributed by atoms with Crippen molar-refractivity contribution in [3.63, 3.8) is 0 Å². The van der Waals surface area contributed by atoms with Crippen LogP contribution in [0, 0.1) is 0 Å². The highest BCUT2D eigenvalue weighted by molar-refractivity contribution is 5.39. The maximum atomic E-state index is 9.89. The number of benzene rings is 1. The lowest BCUT2D eigenvalue weighted by atomic mass is 9.87. The molecule has 21 heavy (non-hydrogen) atoms. The molecule has 0 heterocycles. The minimum absolute atomic E-state index is 0.0133. The van der Waals surface area contributed by atoms with Crippen LogP contribution in [0.4, 0.5) is 0 Å². The highest BCUT2D eigenvalue weighted by Gasteiger charge is 2.27. The summed E-state index contributed by atoms with van der Waals surface area (Å²) in [7, 11) is 0. The lowest BCUT2D eigenvalue weighted by Gasteiger charge is -2.27. The number of aryl methyl sites for hydroxylation is 1. The Bertz CT molecular complexity index is 474. The SMILES string of the molecule is CCCNC1CCCc2cc(OC3CCCC3O)ccc21. The third-order valence-electron chi connectivity index (χ3n) is 4.77. The lowest BCUT2D eigenvalue weighted by molar-refractivity contribution is 0.0603. The van der Waals surface area contributed by atoms with Crippen LogP contribution in [-0.2, 0) is 6.42 Å². The van der Waals surface area contributed by atoms with Crippen molar-refractivity contribution in [2.75, 3.05) is 6.54 Å². The number of nitrogens with one attached hydrogen (secondary N) is 1. The molecule has 0 radical (unpaired) electrons. The van der Waals surface area contributed by atoms with Gasteiger partial charge in [-0.25, -0.2) is 0 Å². The smallest absolute Gasteiger partial charge is 0.124 e. The van der Waals surface area contributed by atoms with Crippen LogP contribution in [-0.4, -0.2) is 23.9 Å². The number of aliphatic hydroxyl groups is 1. The molecule has 1 aromatic rings. The summed E-state index contributed by atoms with van der Waals surface area (Å²) < 4.78 is 6.00. The summed E-state index contributed by atoms with van der Waals surface area (Å²) in [6.45, 7) is 3.29. The summed E-state index contributed by atoms with van der Waals surface area (Å²) in [4.78, 5) is 0. The fraction of sp³-hybridized carbons (Fsp3) is 0.667. The van der Waals surface area contributed by atoms with E-state index >= 15 is 0 Å². The molecule has 2 N–H and O–H groups in total. The molecule has 0 bridgehead atoms. The van der Waals surface area contributed by atoms with E-state index in [1.807, 2.05) is 0 Å². The number of hydrogen-bond acceptors (Lipinski definition) is 3. The Balaban J connectivity index is 1.71. The minimum atomic E-state index is -0.292. The lowest BCUT2D eigenvalue weighted by Crippen LogP contribution is -2.27. The van der Waals surface area contributed by atoms with Crippen molar-refractivity contribution in [1.29, 1.82) is 0 Å². The zero-order valence-electron chi connectivity index (χ0n) is 13.0. The van der Waals surface area contributed by atoms with Crippen molar-refractivity contribution in [1.82, 2.24) is 5.32 Å². The Hall–Kier alpha value is -1.06. The zero-order valence-corrected chi connectivity index (χ0v) is 13.0. The van der Waals surface area contributed by atoms with E-state index in [-0.39, 0.29) is 12.2 Å². The van der Waals surface area contributed by atoms with Gasteiger partial charge in [-0.15, -0.1) is 0 Å². The van der Waals surface area contributed by atoms with Gasteiger partial charge in [0.25, 0.3) is 0 Å². The average molecular weight is 289 g/mol. The first-order valence-corrected chi connectivity index (χ1v) is 8.49. The minimum Gasteiger partial charge on any atom is -0.488 e. The number of ether oxygens (including phenoxy) is 1. The summed E-state index contributed by atoms with van der Waals surface area (Å²) in [6, 6.07) is 6.99. The maximum absolute atomic E-state index is 9.89. The molecule has 3 atom stereocenters. The molecule has 1 aromatic carbocycles. The Morgan fingerprint density at radius 2 is 2.14 bits per heavy atom. The average Bonchev–Trinajstić information content (AvgIpc) is 2.90. The van der Waals surface area contributed by atoms with Crippen LogP contribution in [0.5, 0.6) is 5.75 Å². The Morgan fingerprint density at radius 3 is 2.90 bits per heavy atom. The van der Waals surface area contributed by atoms with E-state index in [2.05, 4.69) is 30.4 Å². The van der Waals surface area contributed by atoms with Crippen LogP contribution in [0.3, 0.4) is 0 Å². The molecular formula is C18H27NO2. The van der Waals surface area contributed by atoms with E-state index in [1.165, 1.54) is 30.4 Å². The molecule has 2 aliphatic carbocycles. The van der Waals surface area contributed by atoms with E-state index in [0.29, 0.717) is 6.04 Å². The molecule has 3 nitrogen and oxygen atoms in total. The molecule has 0 spiro atoms. The summed E-state index contributed by atoms with van der Waals surface area (Å²) >= 11 is 0. The van der Waals surface area contributed by atoms with Gasteiger partial charge in [0, 0.05) is 6.04 Å². The van der Waals surface area contributed by atoms with Gasteiger partial charge in [0.15, 0.2) is 0 Å². The molecule has 0 aliphatic heterocycles. The molecule has 0 amide bonds. The van der Waals surface area contributed by atoms with E-state index in [4.69, 9.17) is 4.74 Å². The van der Waals surface area contributed by atoms with E-state index in [9.17, 15) is 5.11 Å². The normalized spacial score (nSPS) is 28.4. The topological polar surface area (TPSA) is 41.5 Å². The van der Waals surface area contributed by atoms with Crippen molar-refractivity contribution in [3.05, 3.63) is 29.3 Å². The number of hydrogen-bond donors (Lipinski definition) is 2. The first-order valence-electron chi connectivity index (χ1n) is 8.49. The van der Waals surface area contributed by atoms with Crippen molar-refractivity contribution < 1.29 is 9.84 Å².